The van der Waals surface area contributed by atoms with Crippen molar-refractivity contribution in [3.05, 3.63) is 88.8 Å². The van der Waals surface area contributed by atoms with Gasteiger partial charge in [0.25, 0.3) is 11.8 Å². The van der Waals surface area contributed by atoms with Gasteiger partial charge in [0.15, 0.2) is 10.9 Å². The van der Waals surface area contributed by atoms with Crippen LogP contribution in [0.15, 0.2) is 77.7 Å². The summed E-state index contributed by atoms with van der Waals surface area (Å²) in [5.41, 5.74) is 3.38. The molecule has 178 valence electrons. The topological polar surface area (TPSA) is 67.9 Å². The van der Waals surface area contributed by atoms with Crippen LogP contribution in [-0.4, -0.2) is 29.3 Å². The van der Waals surface area contributed by atoms with Crippen molar-refractivity contribution in [2.24, 2.45) is 0 Å². The molecule has 1 fully saturated rings. The van der Waals surface area contributed by atoms with Crippen LogP contribution in [0.1, 0.15) is 18.1 Å². The fourth-order valence-corrected chi connectivity index (χ4v) is 4.64. The van der Waals surface area contributed by atoms with Gasteiger partial charge in [0, 0.05) is 5.69 Å². The fourth-order valence-electron chi connectivity index (χ4n) is 3.34. The molecule has 1 N–H and O–H groups in total. The Labute approximate surface area is 213 Å². The van der Waals surface area contributed by atoms with E-state index in [1.807, 2.05) is 74.5 Å². The van der Waals surface area contributed by atoms with Crippen molar-refractivity contribution in [1.82, 2.24) is 0 Å². The summed E-state index contributed by atoms with van der Waals surface area (Å²) in [5.74, 6) is 0.892. The van der Waals surface area contributed by atoms with Crippen LogP contribution in [0.2, 0.25) is 0 Å². The molecule has 8 heteroatoms. The Bertz CT molecular complexity index is 1250. The van der Waals surface area contributed by atoms with Crippen LogP contribution in [0.4, 0.5) is 11.4 Å². The smallest absolute Gasteiger partial charge is 0.270 e. The molecule has 1 saturated heterocycles. The molecule has 3 aromatic carbocycles. The summed E-state index contributed by atoms with van der Waals surface area (Å²) >= 11 is 6.71. The maximum atomic E-state index is 13.0. The molecule has 2 amide bonds. The lowest BCUT2D eigenvalue weighted by Gasteiger charge is -2.15. The SMILES string of the molecule is CCOc1ccc(N2C(=O)/C(=C\c3ccc(OCC(=O)Nc4ccc(C)cc4)cc3)SC2=S)cc1. The highest BCUT2D eigenvalue weighted by Gasteiger charge is 2.33. The van der Waals surface area contributed by atoms with Crippen molar-refractivity contribution in [2.75, 3.05) is 23.4 Å². The highest BCUT2D eigenvalue weighted by molar-refractivity contribution is 8.27. The van der Waals surface area contributed by atoms with Gasteiger partial charge in [-0.3, -0.25) is 14.5 Å². The highest BCUT2D eigenvalue weighted by Crippen LogP contribution is 2.36. The molecule has 0 aliphatic carbocycles. The van der Waals surface area contributed by atoms with Gasteiger partial charge in [0.05, 0.1) is 17.2 Å². The Morgan fingerprint density at radius 2 is 1.60 bits per heavy atom. The molecule has 0 unspecified atom stereocenters. The zero-order valence-electron chi connectivity index (χ0n) is 19.3. The summed E-state index contributed by atoms with van der Waals surface area (Å²) in [5, 5.41) is 2.80. The molecule has 1 aliphatic rings. The molecule has 0 saturated carbocycles. The zero-order chi connectivity index (χ0) is 24.8. The second-order valence-corrected chi connectivity index (χ2v) is 9.39. The van der Waals surface area contributed by atoms with E-state index in [4.69, 9.17) is 21.7 Å². The number of amides is 2. The number of carbonyl (C=O) groups excluding carboxylic acids is 2. The van der Waals surface area contributed by atoms with Gasteiger partial charge in [-0.15, -0.1) is 0 Å². The molecule has 1 heterocycles. The third-order valence-corrected chi connectivity index (χ3v) is 6.38. The summed E-state index contributed by atoms with van der Waals surface area (Å²) in [7, 11) is 0. The molecule has 1 aliphatic heterocycles. The van der Waals surface area contributed by atoms with Crippen LogP contribution >= 0.6 is 24.0 Å². The highest BCUT2D eigenvalue weighted by atomic mass is 32.2. The molecule has 0 spiro atoms. The lowest BCUT2D eigenvalue weighted by Crippen LogP contribution is -2.27. The third-order valence-electron chi connectivity index (χ3n) is 5.08. The number of benzene rings is 3. The van der Waals surface area contributed by atoms with E-state index in [1.165, 1.54) is 16.7 Å². The van der Waals surface area contributed by atoms with E-state index < -0.39 is 0 Å². The van der Waals surface area contributed by atoms with Gasteiger partial charge in [-0.05, 0) is 74.0 Å². The standard InChI is InChI=1S/C27H24N2O4S2/c1-3-32-22-14-10-21(11-15-22)29-26(31)24(35-27(29)34)16-19-6-12-23(13-7-19)33-17-25(30)28-20-8-4-18(2)5-9-20/h4-16H,3,17H2,1-2H3,(H,28,30)/b24-16+. The minimum absolute atomic E-state index is 0.103. The van der Waals surface area contributed by atoms with E-state index in [-0.39, 0.29) is 18.4 Å². The van der Waals surface area contributed by atoms with Crippen LogP contribution in [-0.2, 0) is 9.59 Å². The minimum atomic E-state index is -0.240. The number of hydrogen-bond donors (Lipinski definition) is 1. The first kappa shape index (κ1) is 24.5. The lowest BCUT2D eigenvalue weighted by atomic mass is 10.2. The number of rotatable bonds is 8. The fraction of sp³-hybridized carbons (Fsp3) is 0.148. The Morgan fingerprint density at radius 3 is 2.26 bits per heavy atom. The van der Waals surface area contributed by atoms with Crippen molar-refractivity contribution in [1.29, 1.82) is 0 Å². The average Bonchev–Trinajstić information content (AvgIpc) is 3.13. The molecule has 35 heavy (non-hydrogen) atoms. The van der Waals surface area contributed by atoms with Gasteiger partial charge >= 0.3 is 0 Å². The normalized spacial score (nSPS) is 14.3. The monoisotopic (exact) mass is 504 g/mol. The Kier molecular flexibility index (Phi) is 7.84. The van der Waals surface area contributed by atoms with Gasteiger partial charge in [0.2, 0.25) is 0 Å². The number of anilines is 2. The van der Waals surface area contributed by atoms with Gasteiger partial charge in [-0.1, -0.05) is 53.8 Å². The number of ether oxygens (including phenoxy) is 2. The maximum Gasteiger partial charge on any atom is 0.270 e. The number of hydrogen-bond acceptors (Lipinski definition) is 6. The van der Waals surface area contributed by atoms with E-state index >= 15 is 0 Å². The van der Waals surface area contributed by atoms with Crippen LogP contribution in [0.5, 0.6) is 11.5 Å². The van der Waals surface area contributed by atoms with Crippen molar-refractivity contribution in [3.63, 3.8) is 0 Å². The van der Waals surface area contributed by atoms with E-state index in [0.29, 0.717) is 27.3 Å². The molecule has 0 aromatic heterocycles. The molecule has 0 bridgehead atoms. The third kappa shape index (κ3) is 6.29. The van der Waals surface area contributed by atoms with E-state index in [0.717, 1.165) is 22.6 Å². The summed E-state index contributed by atoms with van der Waals surface area (Å²) in [6.45, 7) is 4.38. The predicted octanol–water partition coefficient (Wildman–Crippen LogP) is 5.82. The van der Waals surface area contributed by atoms with E-state index in [9.17, 15) is 9.59 Å². The number of nitrogens with zero attached hydrogens (tertiary/aromatic N) is 1. The summed E-state index contributed by atoms with van der Waals surface area (Å²) in [4.78, 5) is 27.2. The predicted molar refractivity (Wildman–Crippen MR) is 145 cm³/mol. The molecular weight excluding hydrogens is 480 g/mol. The molecular formula is C27H24N2O4S2. The van der Waals surface area contributed by atoms with Crippen molar-refractivity contribution in [2.45, 2.75) is 13.8 Å². The van der Waals surface area contributed by atoms with Gasteiger partial charge in [0.1, 0.15) is 11.5 Å². The number of carbonyl (C=O) groups is 2. The average molecular weight is 505 g/mol. The first-order chi connectivity index (χ1) is 16.9. The molecule has 0 radical (unpaired) electrons. The molecule has 4 rings (SSSR count). The van der Waals surface area contributed by atoms with Gasteiger partial charge in [-0.2, -0.15) is 0 Å². The molecule has 3 aromatic rings. The largest absolute Gasteiger partial charge is 0.494 e. The summed E-state index contributed by atoms with van der Waals surface area (Å²) in [6.07, 6.45) is 1.79. The lowest BCUT2D eigenvalue weighted by molar-refractivity contribution is -0.118. The van der Waals surface area contributed by atoms with E-state index in [1.54, 1.807) is 18.2 Å². The number of thioether (sulfide) groups is 1. The van der Waals surface area contributed by atoms with Gasteiger partial charge in [-0.25, -0.2) is 0 Å². The Hall–Kier alpha value is -3.62. The summed E-state index contributed by atoms with van der Waals surface area (Å²) < 4.78 is 11.5. The first-order valence-electron chi connectivity index (χ1n) is 11.0. The van der Waals surface area contributed by atoms with Crippen molar-refractivity contribution < 1.29 is 19.1 Å². The van der Waals surface area contributed by atoms with Crippen molar-refractivity contribution in [3.8, 4) is 11.5 Å². The molecule has 6 nitrogen and oxygen atoms in total. The Balaban J connectivity index is 1.35. The number of aryl methyl sites for hydroxylation is 1. The van der Waals surface area contributed by atoms with Crippen LogP contribution in [0.25, 0.3) is 6.08 Å². The number of thiocarbonyl (C=S) groups is 1. The summed E-state index contributed by atoms with van der Waals surface area (Å²) in [6, 6.07) is 22.0. The van der Waals surface area contributed by atoms with Gasteiger partial charge < -0.3 is 14.8 Å². The minimum Gasteiger partial charge on any atom is -0.494 e. The second-order valence-electron chi connectivity index (χ2n) is 7.72. The quantitative estimate of drug-likeness (QED) is 0.308. The second kappa shape index (κ2) is 11.2. The van der Waals surface area contributed by atoms with Crippen LogP contribution < -0.4 is 19.7 Å². The zero-order valence-corrected chi connectivity index (χ0v) is 20.9. The van der Waals surface area contributed by atoms with Crippen LogP contribution in [0, 0.1) is 6.92 Å². The van der Waals surface area contributed by atoms with Crippen LogP contribution in [0.3, 0.4) is 0 Å². The van der Waals surface area contributed by atoms with E-state index in [2.05, 4.69) is 5.32 Å². The maximum absolute atomic E-state index is 13.0. The Morgan fingerprint density at radius 1 is 0.971 bits per heavy atom. The van der Waals surface area contributed by atoms with Crippen molar-refractivity contribution >= 4 is 57.6 Å². The molecule has 0 atom stereocenters. The first-order valence-corrected chi connectivity index (χ1v) is 12.3. The number of nitrogens with one attached hydrogen (secondary N) is 1.